The highest BCUT2D eigenvalue weighted by Crippen LogP contribution is 2.51. The smallest absolute Gasteiger partial charge is 0.408 e. The summed E-state index contributed by atoms with van der Waals surface area (Å²) in [5.74, 6) is 1.50. The molecule has 1 amide bonds. The minimum absolute atomic E-state index is 0.350. The molecule has 1 fully saturated rings. The van der Waals surface area contributed by atoms with Crippen LogP contribution in [0.1, 0.15) is 39.3 Å². The second kappa shape index (κ2) is 8.17. The van der Waals surface area contributed by atoms with Crippen molar-refractivity contribution in [1.82, 2.24) is 20.1 Å². The maximum Gasteiger partial charge on any atom is 0.408 e. The van der Waals surface area contributed by atoms with E-state index in [4.69, 9.17) is 9.72 Å². The lowest BCUT2D eigenvalue weighted by Gasteiger charge is -2.46. The zero-order chi connectivity index (χ0) is 23.9. The van der Waals surface area contributed by atoms with Crippen molar-refractivity contribution in [3.05, 3.63) is 72.6 Å². The molecule has 0 bridgehead atoms. The molecule has 5 rings (SSSR count). The highest BCUT2D eigenvalue weighted by Gasteiger charge is 2.54. The predicted molar refractivity (Wildman–Crippen MR) is 131 cm³/mol. The van der Waals surface area contributed by atoms with Gasteiger partial charge in [0.15, 0.2) is 0 Å². The van der Waals surface area contributed by atoms with Gasteiger partial charge in [-0.25, -0.2) is 9.78 Å². The summed E-state index contributed by atoms with van der Waals surface area (Å²) in [5.41, 5.74) is 2.15. The van der Waals surface area contributed by atoms with E-state index in [9.17, 15) is 9.90 Å². The number of para-hydroxylation sites is 1. The Morgan fingerprint density at radius 1 is 1.09 bits per heavy atom. The molecule has 0 saturated carbocycles. The fourth-order valence-corrected chi connectivity index (χ4v) is 5.18. The molecule has 1 saturated heterocycles. The number of nitrogens with zero attached hydrogens (tertiary/aromatic N) is 3. The second-order valence-corrected chi connectivity index (χ2v) is 9.78. The standard InChI is InChI=1S/C27H28N4O3/c1-26(2,3)27(14-7-15-31(27)25(32)33)22-16-19-17-28-30-24(19)23(29-22)18-10-12-21(13-11-18)34-20-8-5-4-6-9-20/h4-6,8-13,16-17H,7,14-15H2,1-3H3,(H,28,30)(H,32,33). The first-order valence-electron chi connectivity index (χ1n) is 11.5. The molecule has 1 aliphatic rings. The largest absolute Gasteiger partial charge is 0.465 e. The Hall–Kier alpha value is -3.87. The van der Waals surface area contributed by atoms with Gasteiger partial charge in [-0.2, -0.15) is 5.10 Å². The van der Waals surface area contributed by atoms with Crippen molar-refractivity contribution in [2.24, 2.45) is 5.41 Å². The second-order valence-electron chi connectivity index (χ2n) is 9.78. The maximum absolute atomic E-state index is 12.3. The van der Waals surface area contributed by atoms with E-state index in [1.54, 1.807) is 11.1 Å². The van der Waals surface area contributed by atoms with E-state index >= 15 is 0 Å². The summed E-state index contributed by atoms with van der Waals surface area (Å²) in [7, 11) is 0. The molecule has 2 aromatic carbocycles. The average Bonchev–Trinajstić information content (AvgIpc) is 3.47. The maximum atomic E-state index is 12.3. The molecular weight excluding hydrogens is 428 g/mol. The number of nitrogens with one attached hydrogen (secondary N) is 1. The Morgan fingerprint density at radius 2 is 1.79 bits per heavy atom. The van der Waals surface area contributed by atoms with E-state index in [1.165, 1.54) is 0 Å². The number of H-pyrrole nitrogens is 1. The summed E-state index contributed by atoms with van der Waals surface area (Å²) in [6.45, 7) is 6.76. The van der Waals surface area contributed by atoms with E-state index in [0.717, 1.165) is 52.2 Å². The Morgan fingerprint density at radius 3 is 2.47 bits per heavy atom. The molecule has 1 aliphatic heterocycles. The topological polar surface area (TPSA) is 91.3 Å². The van der Waals surface area contributed by atoms with Crippen LogP contribution in [0.5, 0.6) is 11.5 Å². The quantitative estimate of drug-likeness (QED) is 0.369. The van der Waals surface area contributed by atoms with Crippen LogP contribution in [0.25, 0.3) is 22.2 Å². The number of benzene rings is 2. The van der Waals surface area contributed by atoms with Crippen LogP contribution >= 0.6 is 0 Å². The minimum Gasteiger partial charge on any atom is -0.465 e. The molecule has 2 N–H and O–H groups in total. The number of amides is 1. The third-order valence-electron chi connectivity index (χ3n) is 6.81. The monoisotopic (exact) mass is 456 g/mol. The predicted octanol–water partition coefficient (Wildman–Crippen LogP) is 6.43. The van der Waals surface area contributed by atoms with Crippen molar-refractivity contribution in [3.63, 3.8) is 0 Å². The van der Waals surface area contributed by atoms with Gasteiger partial charge < -0.3 is 9.84 Å². The molecule has 0 radical (unpaired) electrons. The van der Waals surface area contributed by atoms with Crippen LogP contribution in [0, 0.1) is 5.41 Å². The number of aromatic amines is 1. The molecule has 0 spiro atoms. The molecule has 174 valence electrons. The zero-order valence-corrected chi connectivity index (χ0v) is 19.6. The van der Waals surface area contributed by atoms with Crippen molar-refractivity contribution in [2.75, 3.05) is 6.54 Å². The number of aromatic nitrogens is 3. The van der Waals surface area contributed by atoms with E-state index in [1.807, 2.05) is 60.7 Å². The SMILES string of the molecule is CC(C)(C)C1(c2cc3cn[nH]c3c(-c3ccc(Oc4ccccc4)cc3)n2)CCCN1C(=O)O. The number of rotatable bonds is 4. The zero-order valence-electron chi connectivity index (χ0n) is 19.6. The van der Waals surface area contributed by atoms with Gasteiger partial charge in [0.05, 0.1) is 28.6 Å². The molecule has 7 heteroatoms. The molecule has 3 heterocycles. The highest BCUT2D eigenvalue weighted by molar-refractivity contribution is 5.91. The van der Waals surface area contributed by atoms with Gasteiger partial charge in [-0.15, -0.1) is 0 Å². The summed E-state index contributed by atoms with van der Waals surface area (Å²) in [6, 6.07) is 19.4. The first-order chi connectivity index (χ1) is 16.3. The Bertz CT molecular complexity index is 1330. The summed E-state index contributed by atoms with van der Waals surface area (Å²) in [6.07, 6.45) is 2.39. The molecule has 7 nitrogen and oxygen atoms in total. The van der Waals surface area contributed by atoms with Crippen LogP contribution in [-0.2, 0) is 5.54 Å². The summed E-state index contributed by atoms with van der Waals surface area (Å²) in [4.78, 5) is 18.9. The Labute approximate surface area is 198 Å². The van der Waals surface area contributed by atoms with Crippen LogP contribution in [0.4, 0.5) is 4.79 Å². The normalized spacial score (nSPS) is 18.4. The van der Waals surface area contributed by atoms with Crippen molar-refractivity contribution in [1.29, 1.82) is 0 Å². The van der Waals surface area contributed by atoms with E-state index in [-0.39, 0.29) is 5.41 Å². The number of likely N-dealkylation sites (tertiary alicyclic amines) is 1. The number of pyridine rings is 1. The van der Waals surface area contributed by atoms with Gasteiger partial charge in [0, 0.05) is 17.5 Å². The van der Waals surface area contributed by atoms with E-state index in [2.05, 4.69) is 31.0 Å². The van der Waals surface area contributed by atoms with Gasteiger partial charge in [0.1, 0.15) is 11.5 Å². The number of hydrogen-bond acceptors (Lipinski definition) is 4. The van der Waals surface area contributed by atoms with Gasteiger partial charge in [-0.1, -0.05) is 39.0 Å². The van der Waals surface area contributed by atoms with Crippen molar-refractivity contribution >= 4 is 17.0 Å². The Kier molecular flexibility index (Phi) is 5.27. The number of carbonyl (C=O) groups is 1. The molecular formula is C27H28N4O3. The fraction of sp³-hybridized carbons (Fsp3) is 0.296. The lowest BCUT2D eigenvalue weighted by atomic mass is 9.69. The summed E-state index contributed by atoms with van der Waals surface area (Å²) >= 11 is 0. The molecule has 1 atom stereocenters. The lowest BCUT2D eigenvalue weighted by molar-refractivity contribution is 0.0247. The van der Waals surface area contributed by atoms with Crippen molar-refractivity contribution in [3.8, 4) is 22.8 Å². The molecule has 2 aromatic heterocycles. The van der Waals surface area contributed by atoms with Gasteiger partial charge >= 0.3 is 6.09 Å². The van der Waals surface area contributed by atoms with E-state index in [0.29, 0.717) is 6.54 Å². The van der Waals surface area contributed by atoms with Crippen molar-refractivity contribution in [2.45, 2.75) is 39.2 Å². The Balaban J connectivity index is 1.61. The highest BCUT2D eigenvalue weighted by atomic mass is 16.5. The van der Waals surface area contributed by atoms with Crippen LogP contribution < -0.4 is 4.74 Å². The van der Waals surface area contributed by atoms with Crippen LogP contribution in [0.15, 0.2) is 66.9 Å². The molecule has 34 heavy (non-hydrogen) atoms. The number of fused-ring (bicyclic) bond motifs is 1. The number of ether oxygens (including phenoxy) is 1. The average molecular weight is 457 g/mol. The van der Waals surface area contributed by atoms with Gasteiger partial charge in [-0.05, 0) is 60.7 Å². The van der Waals surface area contributed by atoms with Crippen LogP contribution in [0.3, 0.4) is 0 Å². The first kappa shape index (κ1) is 21.9. The molecule has 1 unspecified atom stereocenters. The third kappa shape index (κ3) is 3.57. The van der Waals surface area contributed by atoms with Crippen molar-refractivity contribution < 1.29 is 14.6 Å². The van der Waals surface area contributed by atoms with Crippen LogP contribution in [0.2, 0.25) is 0 Å². The molecule has 0 aliphatic carbocycles. The van der Waals surface area contributed by atoms with Gasteiger partial charge in [0.2, 0.25) is 0 Å². The fourth-order valence-electron chi connectivity index (χ4n) is 5.18. The summed E-state index contributed by atoms with van der Waals surface area (Å²) < 4.78 is 5.94. The van der Waals surface area contributed by atoms with Gasteiger partial charge in [0.25, 0.3) is 0 Å². The third-order valence-corrected chi connectivity index (χ3v) is 6.81. The molecule has 4 aromatic rings. The first-order valence-corrected chi connectivity index (χ1v) is 11.5. The summed E-state index contributed by atoms with van der Waals surface area (Å²) in [5, 5.41) is 18.3. The number of carboxylic acid groups (broad SMARTS) is 1. The van der Waals surface area contributed by atoms with E-state index < -0.39 is 11.6 Å². The lowest BCUT2D eigenvalue weighted by Crippen LogP contribution is -2.53. The minimum atomic E-state index is -0.912. The van der Waals surface area contributed by atoms with Gasteiger partial charge in [-0.3, -0.25) is 10.00 Å². The van der Waals surface area contributed by atoms with Crippen LogP contribution in [-0.4, -0.2) is 37.8 Å². The number of hydrogen-bond donors (Lipinski definition) is 2.